The van der Waals surface area contributed by atoms with Gasteiger partial charge in [-0.05, 0) is 58.7 Å². The Balaban J connectivity index is 1.34. The molecule has 154 valence electrons. The van der Waals surface area contributed by atoms with Crippen LogP contribution in [-0.2, 0) is 17.8 Å². The van der Waals surface area contributed by atoms with E-state index in [9.17, 15) is 9.59 Å². The summed E-state index contributed by atoms with van der Waals surface area (Å²) in [6.45, 7) is 0.445. The summed E-state index contributed by atoms with van der Waals surface area (Å²) in [5.74, 6) is 0.398. The van der Waals surface area contributed by atoms with Crippen molar-refractivity contribution in [1.29, 1.82) is 0 Å². The van der Waals surface area contributed by atoms with Crippen LogP contribution in [0.5, 0.6) is 5.75 Å². The number of hydrogen-bond donors (Lipinski definition) is 1. The third-order valence-electron chi connectivity index (χ3n) is 5.12. The van der Waals surface area contributed by atoms with Crippen molar-refractivity contribution in [2.75, 3.05) is 0 Å². The normalized spacial score (nSPS) is 11.6. The van der Waals surface area contributed by atoms with E-state index < -0.39 is 6.04 Å². The Morgan fingerprint density at radius 3 is 2.26 bits per heavy atom. The Bertz CT molecular complexity index is 1170. The minimum atomic E-state index is -0.571. The van der Waals surface area contributed by atoms with E-state index in [0.29, 0.717) is 24.3 Å². The Labute approximate surface area is 181 Å². The van der Waals surface area contributed by atoms with Gasteiger partial charge in [0.2, 0.25) is 0 Å². The standard InChI is InChI=1S/C27H23NO3/c29-18-25(17-20-6-2-1-3-7-20)28-27(30)23-12-14-26(15-13-23)31-19-21-10-11-22-8-4-5-9-24(22)16-21/h1-16,18,25H,17,19H2,(H,28,30). The molecule has 1 unspecified atom stereocenters. The second-order valence-electron chi connectivity index (χ2n) is 7.40. The third-order valence-corrected chi connectivity index (χ3v) is 5.12. The molecule has 1 amide bonds. The van der Waals surface area contributed by atoms with Crippen molar-refractivity contribution in [1.82, 2.24) is 5.32 Å². The Hall–Kier alpha value is -3.92. The van der Waals surface area contributed by atoms with Gasteiger partial charge in [-0.25, -0.2) is 0 Å². The highest BCUT2D eigenvalue weighted by atomic mass is 16.5. The molecule has 0 aliphatic heterocycles. The molecule has 0 aromatic heterocycles. The lowest BCUT2D eigenvalue weighted by atomic mass is 10.1. The molecule has 0 heterocycles. The van der Waals surface area contributed by atoms with Crippen LogP contribution < -0.4 is 10.1 Å². The first kappa shape index (κ1) is 20.4. The SMILES string of the molecule is O=CC(Cc1ccccc1)NC(=O)c1ccc(OCc2ccc3ccccc3c2)cc1. The molecule has 0 fully saturated rings. The molecule has 0 aliphatic carbocycles. The van der Waals surface area contributed by atoms with E-state index in [4.69, 9.17) is 4.74 Å². The molecule has 4 aromatic carbocycles. The molecule has 1 N–H and O–H groups in total. The Morgan fingerprint density at radius 2 is 1.52 bits per heavy atom. The maximum absolute atomic E-state index is 12.5. The summed E-state index contributed by atoms with van der Waals surface area (Å²) >= 11 is 0. The number of amides is 1. The molecular weight excluding hydrogens is 386 g/mol. The number of nitrogens with one attached hydrogen (secondary N) is 1. The van der Waals surface area contributed by atoms with Gasteiger partial charge < -0.3 is 14.8 Å². The first-order valence-corrected chi connectivity index (χ1v) is 10.2. The quantitative estimate of drug-likeness (QED) is 0.419. The number of benzene rings is 4. The van der Waals surface area contributed by atoms with Crippen molar-refractivity contribution in [3.05, 3.63) is 114 Å². The van der Waals surface area contributed by atoms with Gasteiger partial charge in [-0.15, -0.1) is 0 Å². The van der Waals surface area contributed by atoms with Crippen molar-refractivity contribution in [2.24, 2.45) is 0 Å². The maximum atomic E-state index is 12.5. The summed E-state index contributed by atoms with van der Waals surface area (Å²) in [5.41, 5.74) is 2.56. The lowest BCUT2D eigenvalue weighted by Gasteiger charge is -2.13. The third kappa shape index (κ3) is 5.37. The van der Waals surface area contributed by atoms with Gasteiger partial charge in [0.25, 0.3) is 5.91 Å². The summed E-state index contributed by atoms with van der Waals surface area (Å²) in [6, 6.07) is 30.4. The zero-order valence-electron chi connectivity index (χ0n) is 17.0. The van der Waals surface area contributed by atoms with E-state index in [1.807, 2.05) is 42.5 Å². The molecule has 0 aliphatic rings. The van der Waals surface area contributed by atoms with Gasteiger partial charge in [-0.3, -0.25) is 4.79 Å². The number of fused-ring (bicyclic) bond motifs is 1. The second-order valence-corrected chi connectivity index (χ2v) is 7.40. The molecule has 0 radical (unpaired) electrons. The lowest BCUT2D eigenvalue weighted by Crippen LogP contribution is -2.37. The average molecular weight is 409 g/mol. The second kappa shape index (κ2) is 9.72. The van der Waals surface area contributed by atoms with E-state index in [1.165, 1.54) is 10.8 Å². The monoisotopic (exact) mass is 409 g/mol. The van der Waals surface area contributed by atoms with Crippen LogP contribution in [0, 0.1) is 0 Å². The van der Waals surface area contributed by atoms with Gasteiger partial charge in [0, 0.05) is 5.56 Å². The minimum absolute atomic E-state index is 0.283. The molecule has 4 rings (SSSR count). The van der Waals surface area contributed by atoms with Gasteiger partial charge in [-0.1, -0.05) is 66.7 Å². The summed E-state index contributed by atoms with van der Waals surface area (Å²) in [7, 11) is 0. The van der Waals surface area contributed by atoms with E-state index >= 15 is 0 Å². The number of rotatable bonds is 8. The van der Waals surface area contributed by atoms with Gasteiger partial charge >= 0.3 is 0 Å². The number of ether oxygens (including phenoxy) is 1. The zero-order chi connectivity index (χ0) is 21.5. The van der Waals surface area contributed by atoms with Gasteiger partial charge in [0.15, 0.2) is 0 Å². The predicted octanol–water partition coefficient (Wildman–Crippen LogP) is 4.96. The molecule has 0 saturated carbocycles. The van der Waals surface area contributed by atoms with Crippen LogP contribution in [0.1, 0.15) is 21.5 Å². The summed E-state index contributed by atoms with van der Waals surface area (Å²) < 4.78 is 5.87. The van der Waals surface area contributed by atoms with Crippen molar-refractivity contribution in [3.63, 3.8) is 0 Å². The van der Waals surface area contributed by atoms with Crippen LogP contribution in [0.25, 0.3) is 10.8 Å². The first-order valence-electron chi connectivity index (χ1n) is 10.2. The molecule has 4 nitrogen and oxygen atoms in total. The van der Waals surface area contributed by atoms with Gasteiger partial charge in [0.05, 0.1) is 6.04 Å². The summed E-state index contributed by atoms with van der Waals surface area (Å²) in [4.78, 5) is 23.9. The fourth-order valence-corrected chi connectivity index (χ4v) is 3.45. The van der Waals surface area contributed by atoms with E-state index in [-0.39, 0.29) is 5.91 Å². The molecule has 31 heavy (non-hydrogen) atoms. The van der Waals surface area contributed by atoms with Crippen molar-refractivity contribution in [2.45, 2.75) is 19.1 Å². The van der Waals surface area contributed by atoms with E-state index in [0.717, 1.165) is 17.4 Å². The maximum Gasteiger partial charge on any atom is 0.251 e. The molecule has 4 heteroatoms. The van der Waals surface area contributed by atoms with Crippen LogP contribution in [0.2, 0.25) is 0 Å². The summed E-state index contributed by atoms with van der Waals surface area (Å²) in [6.07, 6.45) is 1.23. The zero-order valence-corrected chi connectivity index (χ0v) is 17.0. The number of hydrogen-bond acceptors (Lipinski definition) is 3. The van der Waals surface area contributed by atoms with Crippen molar-refractivity contribution in [3.8, 4) is 5.75 Å². The van der Waals surface area contributed by atoms with Crippen molar-refractivity contribution < 1.29 is 14.3 Å². The van der Waals surface area contributed by atoms with Gasteiger partial charge in [0.1, 0.15) is 18.6 Å². The Kier molecular flexibility index (Phi) is 6.38. The van der Waals surface area contributed by atoms with Crippen molar-refractivity contribution >= 4 is 23.0 Å². The fourth-order valence-electron chi connectivity index (χ4n) is 3.45. The molecule has 4 aromatic rings. The molecular formula is C27H23NO3. The highest BCUT2D eigenvalue weighted by Crippen LogP contribution is 2.18. The van der Waals surface area contributed by atoms with Crippen LogP contribution in [0.15, 0.2) is 97.1 Å². The van der Waals surface area contributed by atoms with Crippen LogP contribution in [0.3, 0.4) is 0 Å². The van der Waals surface area contributed by atoms with Gasteiger partial charge in [-0.2, -0.15) is 0 Å². The first-order chi connectivity index (χ1) is 15.2. The minimum Gasteiger partial charge on any atom is -0.489 e. The topological polar surface area (TPSA) is 55.4 Å². The Morgan fingerprint density at radius 1 is 0.806 bits per heavy atom. The molecule has 0 spiro atoms. The number of carbonyl (C=O) groups is 2. The molecule has 0 saturated heterocycles. The fraction of sp³-hybridized carbons (Fsp3) is 0.111. The van der Waals surface area contributed by atoms with E-state index in [1.54, 1.807) is 24.3 Å². The van der Waals surface area contributed by atoms with Crippen LogP contribution in [0.4, 0.5) is 0 Å². The number of aldehydes is 1. The van der Waals surface area contributed by atoms with Crippen LogP contribution in [-0.4, -0.2) is 18.2 Å². The lowest BCUT2D eigenvalue weighted by molar-refractivity contribution is -0.109. The number of carbonyl (C=O) groups excluding carboxylic acids is 2. The average Bonchev–Trinajstić information content (AvgIpc) is 2.83. The van der Waals surface area contributed by atoms with Crippen LogP contribution >= 0.6 is 0 Å². The van der Waals surface area contributed by atoms with E-state index in [2.05, 4.69) is 35.6 Å². The smallest absolute Gasteiger partial charge is 0.251 e. The molecule has 0 bridgehead atoms. The highest BCUT2D eigenvalue weighted by Gasteiger charge is 2.13. The highest BCUT2D eigenvalue weighted by molar-refractivity contribution is 5.95. The largest absolute Gasteiger partial charge is 0.489 e. The summed E-state index contributed by atoms with van der Waals surface area (Å²) in [5, 5.41) is 5.15. The predicted molar refractivity (Wildman–Crippen MR) is 122 cm³/mol. The molecule has 1 atom stereocenters.